The molecule has 1 aromatic rings. The van der Waals surface area contributed by atoms with Crippen molar-refractivity contribution in [2.24, 2.45) is 5.92 Å². The Morgan fingerprint density at radius 3 is 2.39 bits per heavy atom. The molecule has 6 heteroatoms. The maximum absolute atomic E-state index is 12.3. The Balaban J connectivity index is 1.99. The summed E-state index contributed by atoms with van der Waals surface area (Å²) in [7, 11) is 0.488. The van der Waals surface area contributed by atoms with E-state index < -0.39 is 9.84 Å². The number of amides is 1. The fraction of sp³-hybridized carbons (Fsp3) is 0.588. The molecule has 5 nitrogen and oxygen atoms in total. The average Bonchev–Trinajstić information content (AvgIpc) is 2.77. The van der Waals surface area contributed by atoms with Crippen LogP contribution in [0.15, 0.2) is 12.1 Å². The maximum Gasteiger partial charge on any atom is 0.222 e. The monoisotopic (exact) mass is 339 g/mol. The number of nitrogens with zero attached hydrogens (tertiary/aromatic N) is 1. The number of methoxy groups -OCH3 is 1. The number of rotatable bonds is 5. The van der Waals surface area contributed by atoms with Crippen LogP contribution in [0.3, 0.4) is 0 Å². The van der Waals surface area contributed by atoms with E-state index in [4.69, 9.17) is 4.74 Å². The number of hydrogen-bond acceptors (Lipinski definition) is 4. The van der Waals surface area contributed by atoms with Crippen molar-refractivity contribution in [2.45, 2.75) is 33.2 Å². The predicted molar refractivity (Wildman–Crippen MR) is 90.3 cm³/mol. The van der Waals surface area contributed by atoms with Gasteiger partial charge in [0.05, 0.1) is 18.6 Å². The number of ether oxygens (including phenoxy) is 1. The van der Waals surface area contributed by atoms with Gasteiger partial charge >= 0.3 is 0 Å². The van der Waals surface area contributed by atoms with Gasteiger partial charge in [-0.25, -0.2) is 8.42 Å². The van der Waals surface area contributed by atoms with Crippen molar-refractivity contribution in [3.05, 3.63) is 28.8 Å². The third-order valence-corrected chi connectivity index (χ3v) is 6.20. The van der Waals surface area contributed by atoms with Gasteiger partial charge in [-0.2, -0.15) is 0 Å². The van der Waals surface area contributed by atoms with E-state index >= 15 is 0 Å². The van der Waals surface area contributed by atoms with Gasteiger partial charge in [0.1, 0.15) is 5.75 Å². The van der Waals surface area contributed by atoms with E-state index in [1.54, 1.807) is 19.1 Å². The second kappa shape index (κ2) is 6.91. The fourth-order valence-corrected chi connectivity index (χ4v) is 5.11. The lowest BCUT2D eigenvalue weighted by molar-refractivity contribution is -0.131. The van der Waals surface area contributed by atoms with Gasteiger partial charge in [0, 0.05) is 20.0 Å². The first kappa shape index (κ1) is 17.8. The van der Waals surface area contributed by atoms with E-state index in [2.05, 4.69) is 0 Å². The highest BCUT2D eigenvalue weighted by atomic mass is 32.2. The molecule has 1 aliphatic rings. The molecule has 1 aliphatic heterocycles. The first-order valence-corrected chi connectivity index (χ1v) is 9.62. The van der Waals surface area contributed by atoms with Crippen LogP contribution in [0.25, 0.3) is 0 Å². The van der Waals surface area contributed by atoms with E-state index in [0.717, 1.165) is 22.4 Å². The molecule has 0 aliphatic carbocycles. The van der Waals surface area contributed by atoms with E-state index in [-0.39, 0.29) is 23.3 Å². The number of benzene rings is 1. The third-order valence-electron chi connectivity index (χ3n) is 4.36. The SMILES string of the molecule is COc1c(C)cc(CN(C)C(=O)C[C@@H]2CCS(=O)(=O)C2)cc1C. The van der Waals surface area contributed by atoms with Gasteiger partial charge in [0.2, 0.25) is 5.91 Å². The second-order valence-corrected chi connectivity index (χ2v) is 8.71. The molecule has 128 valence electrons. The van der Waals surface area contributed by atoms with Crippen LogP contribution in [0.5, 0.6) is 5.75 Å². The molecule has 0 N–H and O–H groups in total. The molecular formula is C17H25NO4S. The summed E-state index contributed by atoms with van der Waals surface area (Å²) in [5.74, 6) is 1.20. The van der Waals surface area contributed by atoms with Crippen LogP contribution in [-0.4, -0.2) is 44.9 Å². The van der Waals surface area contributed by atoms with Crippen molar-refractivity contribution in [1.29, 1.82) is 0 Å². The largest absolute Gasteiger partial charge is 0.496 e. The molecule has 0 aromatic heterocycles. The molecule has 0 radical (unpaired) electrons. The van der Waals surface area contributed by atoms with E-state index in [1.165, 1.54) is 0 Å². The summed E-state index contributed by atoms with van der Waals surface area (Å²) in [4.78, 5) is 14.0. The van der Waals surface area contributed by atoms with Gasteiger partial charge in [-0.3, -0.25) is 4.79 Å². The van der Waals surface area contributed by atoms with Crippen LogP contribution in [-0.2, 0) is 21.2 Å². The summed E-state index contributed by atoms with van der Waals surface area (Å²) >= 11 is 0. The van der Waals surface area contributed by atoms with Crippen molar-refractivity contribution < 1.29 is 17.9 Å². The Hall–Kier alpha value is -1.56. The van der Waals surface area contributed by atoms with Crippen molar-refractivity contribution in [1.82, 2.24) is 4.90 Å². The number of aryl methyl sites for hydroxylation is 2. The van der Waals surface area contributed by atoms with Crippen LogP contribution >= 0.6 is 0 Å². The Morgan fingerprint density at radius 2 is 1.91 bits per heavy atom. The normalized spacial score (nSPS) is 19.6. The summed E-state index contributed by atoms with van der Waals surface area (Å²) in [6.07, 6.45) is 0.909. The molecule has 1 atom stereocenters. The van der Waals surface area contributed by atoms with Crippen LogP contribution in [0, 0.1) is 19.8 Å². The van der Waals surface area contributed by atoms with Gasteiger partial charge in [-0.1, -0.05) is 12.1 Å². The van der Waals surface area contributed by atoms with Crippen LogP contribution in [0.1, 0.15) is 29.5 Å². The van der Waals surface area contributed by atoms with Crippen LogP contribution in [0.2, 0.25) is 0 Å². The first-order chi connectivity index (χ1) is 10.7. The predicted octanol–water partition coefficient (Wildman–Crippen LogP) is 2.10. The Labute approximate surface area is 138 Å². The first-order valence-electron chi connectivity index (χ1n) is 7.80. The second-order valence-electron chi connectivity index (χ2n) is 6.49. The molecule has 1 fully saturated rings. The molecule has 0 unspecified atom stereocenters. The molecule has 0 spiro atoms. The molecular weight excluding hydrogens is 314 g/mol. The lowest BCUT2D eigenvalue weighted by atomic mass is 10.0. The standard InChI is InChI=1S/C17H25NO4S/c1-12-7-15(8-13(2)17(12)22-4)10-18(3)16(19)9-14-5-6-23(20,21)11-14/h7-8,14H,5-6,9-11H2,1-4H3/t14-/m0/s1. The molecule has 23 heavy (non-hydrogen) atoms. The van der Waals surface area contributed by atoms with Gasteiger partial charge in [0.15, 0.2) is 9.84 Å². The highest BCUT2D eigenvalue weighted by Crippen LogP contribution is 2.26. The number of carbonyl (C=O) groups is 1. The zero-order chi connectivity index (χ0) is 17.2. The van der Waals surface area contributed by atoms with Gasteiger partial charge in [-0.15, -0.1) is 0 Å². The molecule has 2 rings (SSSR count). The third kappa shape index (κ3) is 4.47. The number of hydrogen-bond donors (Lipinski definition) is 0. The summed E-state index contributed by atoms with van der Waals surface area (Å²) in [6.45, 7) is 4.49. The van der Waals surface area contributed by atoms with Gasteiger partial charge in [-0.05, 0) is 42.9 Å². The van der Waals surface area contributed by atoms with Crippen molar-refractivity contribution in [3.63, 3.8) is 0 Å². The molecule has 1 aromatic carbocycles. The number of sulfone groups is 1. The topological polar surface area (TPSA) is 63.7 Å². The highest BCUT2D eigenvalue weighted by Gasteiger charge is 2.30. The highest BCUT2D eigenvalue weighted by molar-refractivity contribution is 7.91. The Kier molecular flexibility index (Phi) is 5.34. The molecule has 0 saturated carbocycles. The average molecular weight is 339 g/mol. The lowest BCUT2D eigenvalue weighted by Crippen LogP contribution is -2.28. The van der Waals surface area contributed by atoms with Crippen molar-refractivity contribution in [2.75, 3.05) is 25.7 Å². The fourth-order valence-electron chi connectivity index (χ4n) is 3.25. The van der Waals surface area contributed by atoms with E-state index in [0.29, 0.717) is 19.4 Å². The molecule has 1 saturated heterocycles. The van der Waals surface area contributed by atoms with Crippen LogP contribution < -0.4 is 4.74 Å². The zero-order valence-electron chi connectivity index (χ0n) is 14.3. The smallest absolute Gasteiger partial charge is 0.222 e. The summed E-state index contributed by atoms with van der Waals surface area (Å²) in [5.41, 5.74) is 3.14. The van der Waals surface area contributed by atoms with E-state index in [9.17, 15) is 13.2 Å². The quantitative estimate of drug-likeness (QED) is 0.824. The summed E-state index contributed by atoms with van der Waals surface area (Å²) in [5, 5.41) is 0. The summed E-state index contributed by atoms with van der Waals surface area (Å²) < 4.78 is 28.3. The molecule has 1 amide bonds. The zero-order valence-corrected chi connectivity index (χ0v) is 15.1. The molecule has 0 bridgehead atoms. The van der Waals surface area contributed by atoms with Crippen molar-refractivity contribution >= 4 is 15.7 Å². The maximum atomic E-state index is 12.3. The van der Waals surface area contributed by atoms with E-state index in [1.807, 2.05) is 26.0 Å². The number of carbonyl (C=O) groups excluding carboxylic acids is 1. The minimum absolute atomic E-state index is 0.00164. The van der Waals surface area contributed by atoms with Crippen molar-refractivity contribution in [3.8, 4) is 5.75 Å². The Morgan fingerprint density at radius 1 is 1.30 bits per heavy atom. The van der Waals surface area contributed by atoms with Gasteiger partial charge < -0.3 is 9.64 Å². The molecule has 1 heterocycles. The van der Waals surface area contributed by atoms with Gasteiger partial charge in [0.25, 0.3) is 0 Å². The Bertz CT molecular complexity index is 674. The van der Waals surface area contributed by atoms with Crippen LogP contribution in [0.4, 0.5) is 0 Å². The summed E-state index contributed by atoms with van der Waals surface area (Å²) in [6, 6.07) is 4.05. The lowest BCUT2D eigenvalue weighted by Gasteiger charge is -2.20. The minimum atomic E-state index is -2.93. The minimum Gasteiger partial charge on any atom is -0.496 e.